The van der Waals surface area contributed by atoms with Gasteiger partial charge >= 0.3 is 6.01 Å². The molecule has 0 aliphatic heterocycles. The first-order valence-electron chi connectivity index (χ1n) is 6.90. The molecule has 1 N–H and O–H groups in total. The standard InChI is InChI=1S/C13H25N5O/c1-6-8-9-18(10(3)7-2)12-15-11(14-4)16-13(17-12)19-5/h10H,6-9H2,1-5H3,(H,14,15,16,17). The molecule has 0 aromatic carbocycles. The molecule has 0 aliphatic carbocycles. The molecule has 0 fully saturated rings. The molecule has 0 saturated heterocycles. The fourth-order valence-electron chi connectivity index (χ4n) is 1.74. The second-order valence-electron chi connectivity index (χ2n) is 4.50. The Morgan fingerprint density at radius 3 is 2.53 bits per heavy atom. The molecule has 6 nitrogen and oxygen atoms in total. The van der Waals surface area contributed by atoms with Crippen LogP contribution in [0.1, 0.15) is 40.0 Å². The van der Waals surface area contributed by atoms with Crippen LogP contribution >= 0.6 is 0 Å². The third-order valence-corrected chi connectivity index (χ3v) is 3.14. The van der Waals surface area contributed by atoms with Crippen molar-refractivity contribution < 1.29 is 4.74 Å². The molecular formula is C13H25N5O. The zero-order valence-electron chi connectivity index (χ0n) is 12.6. The van der Waals surface area contributed by atoms with E-state index in [1.807, 2.05) is 0 Å². The van der Waals surface area contributed by atoms with Crippen molar-refractivity contribution in [2.45, 2.75) is 46.1 Å². The summed E-state index contributed by atoms with van der Waals surface area (Å²) in [4.78, 5) is 15.2. The highest BCUT2D eigenvalue weighted by molar-refractivity contribution is 5.38. The highest BCUT2D eigenvalue weighted by Crippen LogP contribution is 2.18. The Balaban J connectivity index is 3.05. The van der Waals surface area contributed by atoms with Crippen LogP contribution in [0.5, 0.6) is 6.01 Å². The number of aromatic nitrogens is 3. The highest BCUT2D eigenvalue weighted by atomic mass is 16.5. The predicted octanol–water partition coefficient (Wildman–Crippen LogP) is 2.33. The molecule has 0 amide bonds. The summed E-state index contributed by atoms with van der Waals surface area (Å²) >= 11 is 0. The molecule has 0 aliphatic rings. The number of hydrogen-bond acceptors (Lipinski definition) is 6. The molecule has 0 spiro atoms. The van der Waals surface area contributed by atoms with Gasteiger partial charge < -0.3 is 15.0 Å². The lowest BCUT2D eigenvalue weighted by Gasteiger charge is -2.28. The Morgan fingerprint density at radius 1 is 1.26 bits per heavy atom. The van der Waals surface area contributed by atoms with Crippen LogP contribution in [-0.2, 0) is 0 Å². The van der Waals surface area contributed by atoms with Crippen LogP contribution in [-0.4, -0.2) is 41.7 Å². The van der Waals surface area contributed by atoms with E-state index < -0.39 is 0 Å². The van der Waals surface area contributed by atoms with E-state index in [0.717, 1.165) is 25.8 Å². The first-order valence-corrected chi connectivity index (χ1v) is 6.90. The molecule has 1 aromatic rings. The quantitative estimate of drug-likeness (QED) is 0.780. The Morgan fingerprint density at radius 2 is 2.00 bits per heavy atom. The van der Waals surface area contributed by atoms with Gasteiger partial charge in [-0.25, -0.2) is 0 Å². The van der Waals surface area contributed by atoms with Gasteiger partial charge in [0.05, 0.1) is 7.11 Å². The van der Waals surface area contributed by atoms with Gasteiger partial charge in [0, 0.05) is 19.6 Å². The van der Waals surface area contributed by atoms with Crippen molar-refractivity contribution in [2.75, 3.05) is 30.9 Å². The molecule has 1 heterocycles. The molecule has 1 rings (SSSR count). The predicted molar refractivity (Wildman–Crippen MR) is 77.9 cm³/mol. The lowest BCUT2D eigenvalue weighted by Crippen LogP contribution is -2.35. The van der Waals surface area contributed by atoms with E-state index in [-0.39, 0.29) is 0 Å². The van der Waals surface area contributed by atoms with Gasteiger partial charge in [-0.05, 0) is 19.8 Å². The molecule has 0 bridgehead atoms. The van der Waals surface area contributed by atoms with Crippen LogP contribution in [0, 0.1) is 0 Å². The molecule has 19 heavy (non-hydrogen) atoms. The van der Waals surface area contributed by atoms with E-state index in [0.29, 0.717) is 23.9 Å². The normalized spacial score (nSPS) is 12.1. The first-order chi connectivity index (χ1) is 9.15. The average Bonchev–Trinajstić information content (AvgIpc) is 2.46. The van der Waals surface area contributed by atoms with Crippen molar-refractivity contribution in [3.8, 4) is 6.01 Å². The van der Waals surface area contributed by atoms with E-state index in [9.17, 15) is 0 Å². The summed E-state index contributed by atoms with van der Waals surface area (Å²) in [5, 5.41) is 2.94. The number of hydrogen-bond donors (Lipinski definition) is 1. The molecule has 1 atom stereocenters. The molecule has 0 saturated carbocycles. The number of methoxy groups -OCH3 is 1. The van der Waals surface area contributed by atoms with Crippen LogP contribution in [0.15, 0.2) is 0 Å². The smallest absolute Gasteiger partial charge is 0.322 e. The van der Waals surface area contributed by atoms with Crippen LogP contribution in [0.25, 0.3) is 0 Å². The second kappa shape index (κ2) is 7.76. The Kier molecular flexibility index (Phi) is 6.32. The monoisotopic (exact) mass is 267 g/mol. The molecule has 108 valence electrons. The van der Waals surface area contributed by atoms with Gasteiger partial charge in [0.1, 0.15) is 0 Å². The van der Waals surface area contributed by atoms with E-state index in [2.05, 4.69) is 45.9 Å². The molecule has 1 aromatic heterocycles. The molecule has 1 unspecified atom stereocenters. The topological polar surface area (TPSA) is 63.2 Å². The van der Waals surface area contributed by atoms with Gasteiger partial charge in [-0.3, -0.25) is 0 Å². The Bertz CT molecular complexity index is 363. The SMILES string of the molecule is CCCCN(c1nc(NC)nc(OC)n1)C(C)CC. The van der Waals surface area contributed by atoms with E-state index in [4.69, 9.17) is 4.74 Å². The molecular weight excluding hydrogens is 242 g/mol. The van der Waals surface area contributed by atoms with Crippen LogP contribution < -0.4 is 15.0 Å². The van der Waals surface area contributed by atoms with Crippen molar-refractivity contribution in [1.82, 2.24) is 15.0 Å². The number of rotatable bonds is 8. The summed E-state index contributed by atoms with van der Waals surface area (Å²) in [6.07, 6.45) is 3.31. The van der Waals surface area contributed by atoms with Gasteiger partial charge in [0.15, 0.2) is 0 Å². The number of anilines is 2. The molecule has 6 heteroatoms. The van der Waals surface area contributed by atoms with Crippen LogP contribution in [0.4, 0.5) is 11.9 Å². The van der Waals surface area contributed by atoms with Crippen molar-refractivity contribution in [2.24, 2.45) is 0 Å². The zero-order chi connectivity index (χ0) is 14.3. The maximum absolute atomic E-state index is 5.14. The van der Waals surface area contributed by atoms with Crippen molar-refractivity contribution in [3.63, 3.8) is 0 Å². The summed E-state index contributed by atoms with van der Waals surface area (Å²) in [6, 6.07) is 0.738. The minimum absolute atomic E-state index is 0.346. The highest BCUT2D eigenvalue weighted by Gasteiger charge is 2.17. The number of nitrogens with one attached hydrogen (secondary N) is 1. The summed E-state index contributed by atoms with van der Waals surface area (Å²) in [7, 11) is 3.36. The maximum Gasteiger partial charge on any atom is 0.322 e. The Hall–Kier alpha value is -1.59. The van der Waals surface area contributed by atoms with Gasteiger partial charge in [-0.2, -0.15) is 15.0 Å². The summed E-state index contributed by atoms with van der Waals surface area (Å²) < 4.78 is 5.14. The minimum Gasteiger partial charge on any atom is -0.467 e. The zero-order valence-corrected chi connectivity index (χ0v) is 12.6. The summed E-state index contributed by atoms with van der Waals surface area (Å²) in [6.45, 7) is 7.48. The number of nitrogens with zero attached hydrogens (tertiary/aromatic N) is 4. The molecule has 0 radical (unpaired) electrons. The summed E-state index contributed by atoms with van der Waals surface area (Å²) in [5.41, 5.74) is 0. The third-order valence-electron chi connectivity index (χ3n) is 3.14. The van der Waals surface area contributed by atoms with Gasteiger partial charge in [0.25, 0.3) is 0 Å². The fraction of sp³-hybridized carbons (Fsp3) is 0.769. The average molecular weight is 267 g/mol. The number of unbranched alkanes of at least 4 members (excludes halogenated alkanes) is 1. The lowest BCUT2D eigenvalue weighted by atomic mass is 10.2. The van der Waals surface area contributed by atoms with Crippen molar-refractivity contribution >= 4 is 11.9 Å². The largest absolute Gasteiger partial charge is 0.467 e. The first kappa shape index (κ1) is 15.5. The minimum atomic E-state index is 0.346. The van der Waals surface area contributed by atoms with E-state index >= 15 is 0 Å². The van der Waals surface area contributed by atoms with Gasteiger partial charge in [-0.15, -0.1) is 0 Å². The van der Waals surface area contributed by atoms with Crippen molar-refractivity contribution in [1.29, 1.82) is 0 Å². The Labute approximate surface area is 115 Å². The second-order valence-corrected chi connectivity index (χ2v) is 4.50. The number of ether oxygens (including phenoxy) is 1. The lowest BCUT2D eigenvalue weighted by molar-refractivity contribution is 0.378. The maximum atomic E-state index is 5.14. The van der Waals surface area contributed by atoms with Crippen molar-refractivity contribution in [3.05, 3.63) is 0 Å². The van der Waals surface area contributed by atoms with Crippen LogP contribution in [0.2, 0.25) is 0 Å². The van der Waals surface area contributed by atoms with Gasteiger partial charge in [-0.1, -0.05) is 20.3 Å². The van der Waals surface area contributed by atoms with Crippen LogP contribution in [0.3, 0.4) is 0 Å². The van der Waals surface area contributed by atoms with Gasteiger partial charge in [0.2, 0.25) is 11.9 Å². The van der Waals surface area contributed by atoms with E-state index in [1.165, 1.54) is 0 Å². The fourth-order valence-corrected chi connectivity index (χ4v) is 1.74. The van der Waals surface area contributed by atoms with E-state index in [1.54, 1.807) is 14.2 Å². The third kappa shape index (κ3) is 4.22. The summed E-state index contributed by atoms with van der Waals surface area (Å²) in [5.74, 6) is 1.21.